The maximum atomic E-state index is 13.8. The molecule has 3 atom stereocenters. The summed E-state index contributed by atoms with van der Waals surface area (Å²) >= 11 is 13.3. The molecule has 314 valence electrons. The van der Waals surface area contributed by atoms with E-state index in [-0.39, 0.29) is 30.0 Å². The van der Waals surface area contributed by atoms with Crippen molar-refractivity contribution in [1.29, 1.82) is 0 Å². The Kier molecular flexibility index (Phi) is 12.1. The molecule has 0 bridgehead atoms. The Balaban J connectivity index is 1.15. The van der Waals surface area contributed by atoms with Crippen molar-refractivity contribution in [2.75, 3.05) is 36.6 Å². The molecule has 0 unspecified atom stereocenters. The van der Waals surface area contributed by atoms with Gasteiger partial charge in [-0.25, -0.2) is 28.5 Å². The zero-order chi connectivity index (χ0) is 42.8. The Labute approximate surface area is 361 Å². The summed E-state index contributed by atoms with van der Waals surface area (Å²) in [7, 11) is 1.59. The van der Waals surface area contributed by atoms with Gasteiger partial charge in [0.2, 0.25) is 17.8 Å². The molecular formula is C44H46Cl2N11O4+. The predicted octanol–water partition coefficient (Wildman–Crippen LogP) is 4.37. The van der Waals surface area contributed by atoms with Gasteiger partial charge in [-0.3, -0.25) is 15.2 Å². The van der Waals surface area contributed by atoms with Crippen molar-refractivity contribution < 1.29 is 14.9 Å². The third kappa shape index (κ3) is 8.81. The summed E-state index contributed by atoms with van der Waals surface area (Å²) in [6.07, 6.45) is 1.61. The third-order valence-corrected chi connectivity index (χ3v) is 12.0. The SMILES string of the molecule is C[C@@H](C(N)=O)n1c(NC[C@@H](C(=[NH2+])c2ccc(Cl)cc2)c2cccc(-c3cc(C4=NN(c5nn(C)c(=O)[nH]5)C[C@H]4c4ccccc4)ccc3Cl)c2)nn(CC2CCOCC2)c1=O. The second-order valence-electron chi connectivity index (χ2n) is 15.4. The van der Waals surface area contributed by atoms with E-state index >= 15 is 0 Å². The van der Waals surface area contributed by atoms with Crippen molar-refractivity contribution in [3.05, 3.63) is 150 Å². The molecule has 2 aliphatic heterocycles. The van der Waals surface area contributed by atoms with Crippen LogP contribution in [0.15, 0.2) is 112 Å². The molecule has 4 aromatic carbocycles. The quantitative estimate of drug-likeness (QED) is 0.116. The second-order valence-corrected chi connectivity index (χ2v) is 16.3. The first-order valence-electron chi connectivity index (χ1n) is 20.1. The van der Waals surface area contributed by atoms with Crippen LogP contribution < -0.4 is 32.8 Å². The van der Waals surface area contributed by atoms with Crippen LogP contribution in [0.5, 0.6) is 0 Å². The molecule has 0 spiro atoms. The third-order valence-electron chi connectivity index (χ3n) is 11.4. The van der Waals surface area contributed by atoms with Gasteiger partial charge in [0.15, 0.2) is 5.71 Å². The van der Waals surface area contributed by atoms with Gasteiger partial charge in [0.25, 0.3) is 0 Å². The van der Waals surface area contributed by atoms with Crippen molar-refractivity contribution in [3.8, 4) is 11.1 Å². The lowest BCUT2D eigenvalue weighted by Crippen LogP contribution is -2.46. The maximum absolute atomic E-state index is 13.8. The lowest BCUT2D eigenvalue weighted by molar-refractivity contribution is -0.120. The molecule has 17 heteroatoms. The zero-order valence-corrected chi connectivity index (χ0v) is 35.2. The minimum absolute atomic E-state index is 0.133. The van der Waals surface area contributed by atoms with Crippen molar-refractivity contribution in [1.82, 2.24) is 29.1 Å². The van der Waals surface area contributed by atoms with Crippen LogP contribution in [0.25, 0.3) is 11.1 Å². The number of hydrogen-bond donors (Lipinski definition) is 4. The van der Waals surface area contributed by atoms with E-state index < -0.39 is 23.6 Å². The van der Waals surface area contributed by atoms with Crippen LogP contribution in [0.1, 0.15) is 59.9 Å². The summed E-state index contributed by atoms with van der Waals surface area (Å²) in [5, 5.41) is 27.3. The zero-order valence-electron chi connectivity index (χ0n) is 33.7. The molecule has 0 aliphatic carbocycles. The lowest BCUT2D eigenvalue weighted by Gasteiger charge is -2.21. The number of rotatable bonds is 14. The summed E-state index contributed by atoms with van der Waals surface area (Å²) in [4.78, 5) is 41.4. The lowest BCUT2D eigenvalue weighted by atomic mass is 9.87. The van der Waals surface area contributed by atoms with Crippen LogP contribution in [-0.2, 0) is 23.1 Å². The Hall–Kier alpha value is -6.29. The number of ether oxygens (including phenoxy) is 1. The molecule has 0 radical (unpaired) electrons. The van der Waals surface area contributed by atoms with E-state index in [9.17, 15) is 14.4 Å². The summed E-state index contributed by atoms with van der Waals surface area (Å²) in [5.74, 6) is -0.496. The van der Waals surface area contributed by atoms with Gasteiger partial charge in [-0.05, 0) is 84.3 Å². The van der Waals surface area contributed by atoms with Crippen molar-refractivity contribution in [2.45, 2.75) is 44.2 Å². The van der Waals surface area contributed by atoms with Crippen molar-refractivity contribution >= 4 is 52.4 Å². The summed E-state index contributed by atoms with van der Waals surface area (Å²) in [6.45, 7) is 3.88. The van der Waals surface area contributed by atoms with Crippen LogP contribution in [0.2, 0.25) is 10.0 Å². The Bertz CT molecular complexity index is 2720. The predicted molar refractivity (Wildman–Crippen MR) is 236 cm³/mol. The number of hydrogen-bond acceptors (Lipinski definition) is 9. The average molecular weight is 864 g/mol. The topological polar surface area (TPSA) is 196 Å². The van der Waals surface area contributed by atoms with Crippen LogP contribution >= 0.6 is 23.2 Å². The largest absolute Gasteiger partial charge is 0.381 e. The van der Waals surface area contributed by atoms with Gasteiger partial charge in [-0.15, -0.1) is 10.2 Å². The van der Waals surface area contributed by atoms with E-state index in [1.165, 1.54) is 13.9 Å². The standard InChI is InChI=1S/C44H45Cl2N11O4/c1-26(40(48)58)57-41(53-56(44(57)60)24-27-17-19-61-20-18-27)49-23-35(38(47)29-11-14-33(45)15-12-29)31-10-6-9-30(21-31)34-22-32(13-16-37(34)46)39-36(28-7-4-3-5-8-28)25-55(51-39)42-50-43(59)54(2)52-42/h3-16,21-22,26-27,35-36,47H,17-20,23-25H2,1-2H3,(H2,48,58)(H,49,53)(H,50,52,59)/p+1/t26-,35+,36-/m0/s1. The number of anilines is 2. The van der Waals surface area contributed by atoms with Crippen LogP contribution in [-0.4, -0.2) is 72.7 Å². The van der Waals surface area contributed by atoms with Gasteiger partial charge >= 0.3 is 11.4 Å². The highest BCUT2D eigenvalue weighted by molar-refractivity contribution is 6.33. The molecule has 1 saturated heterocycles. The molecule has 2 aliphatic rings. The monoisotopic (exact) mass is 862 g/mol. The van der Waals surface area contributed by atoms with Crippen LogP contribution in [0, 0.1) is 5.92 Å². The van der Waals surface area contributed by atoms with E-state index in [4.69, 9.17) is 44.2 Å². The molecule has 6 aromatic rings. The molecule has 1 amide bonds. The normalized spacial score (nSPS) is 16.6. The average Bonchev–Trinajstić information content (AvgIpc) is 3.96. The van der Waals surface area contributed by atoms with Gasteiger partial charge in [-0.1, -0.05) is 83.9 Å². The van der Waals surface area contributed by atoms with E-state index in [1.807, 2.05) is 72.8 Å². The number of nitrogens with zero attached hydrogens (tertiary/aromatic N) is 7. The molecular weight excluding hydrogens is 817 g/mol. The first-order chi connectivity index (χ1) is 29.4. The van der Waals surface area contributed by atoms with Gasteiger partial charge in [0.05, 0.1) is 18.2 Å². The number of primary amides is 1. The number of halogens is 2. The number of carbonyl (C=O) groups is 1. The Morgan fingerprint density at radius 2 is 1.72 bits per heavy atom. The minimum Gasteiger partial charge on any atom is -0.381 e. The van der Waals surface area contributed by atoms with Gasteiger partial charge in [0.1, 0.15) is 6.04 Å². The summed E-state index contributed by atoms with van der Waals surface area (Å²) < 4.78 is 9.47. The maximum Gasteiger partial charge on any atom is 0.348 e. The smallest absolute Gasteiger partial charge is 0.348 e. The number of aromatic nitrogens is 6. The number of nitrogens with one attached hydrogen (secondary N) is 2. The molecule has 8 rings (SSSR count). The highest BCUT2D eigenvalue weighted by Gasteiger charge is 2.33. The first kappa shape index (κ1) is 41.4. The number of aromatic amines is 1. The summed E-state index contributed by atoms with van der Waals surface area (Å²) in [6, 6.07) is 30.2. The van der Waals surface area contributed by atoms with E-state index in [0.29, 0.717) is 48.0 Å². The molecule has 1 fully saturated rings. The minimum atomic E-state index is -0.962. The van der Waals surface area contributed by atoms with Crippen molar-refractivity contribution in [2.24, 2.45) is 23.8 Å². The number of hydrazone groups is 1. The van der Waals surface area contributed by atoms with E-state index in [1.54, 1.807) is 31.1 Å². The molecule has 0 saturated carbocycles. The van der Waals surface area contributed by atoms with Gasteiger partial charge in [-0.2, -0.15) is 5.10 Å². The number of nitrogens with two attached hydrogens (primary N) is 2. The number of amides is 1. The molecule has 4 heterocycles. The fraction of sp³-hybridized carbons (Fsp3) is 0.295. The number of carbonyl (C=O) groups excluding carboxylic acids is 1. The molecule has 2 aromatic heterocycles. The Morgan fingerprint density at radius 3 is 2.43 bits per heavy atom. The highest BCUT2D eigenvalue weighted by atomic mass is 35.5. The fourth-order valence-corrected chi connectivity index (χ4v) is 8.28. The fourth-order valence-electron chi connectivity index (χ4n) is 7.93. The number of H-pyrrole nitrogens is 1. The molecule has 6 N–H and O–H groups in total. The molecule has 61 heavy (non-hydrogen) atoms. The first-order valence-corrected chi connectivity index (χ1v) is 20.8. The number of benzene rings is 4. The van der Waals surface area contributed by atoms with Crippen LogP contribution in [0.3, 0.4) is 0 Å². The van der Waals surface area contributed by atoms with Crippen molar-refractivity contribution in [3.63, 3.8) is 0 Å². The molecule has 15 nitrogen and oxygen atoms in total. The second kappa shape index (κ2) is 17.7. The highest BCUT2D eigenvalue weighted by Crippen LogP contribution is 2.36. The van der Waals surface area contributed by atoms with Crippen LogP contribution in [0.4, 0.5) is 11.9 Å². The van der Waals surface area contributed by atoms with Gasteiger partial charge < -0.3 is 15.8 Å². The Morgan fingerprint density at radius 1 is 0.967 bits per heavy atom. The van der Waals surface area contributed by atoms with Gasteiger partial charge in [0, 0.05) is 60.4 Å². The van der Waals surface area contributed by atoms with E-state index in [2.05, 4.69) is 32.6 Å². The summed E-state index contributed by atoms with van der Waals surface area (Å²) in [5.41, 5.74) is 11.4. The van der Waals surface area contributed by atoms with E-state index in [0.717, 1.165) is 51.9 Å². The number of aryl methyl sites for hydroxylation is 1.